The maximum absolute atomic E-state index is 12.2. The normalized spacial score (nSPS) is 14.4. The Morgan fingerprint density at radius 3 is 2.92 bits per heavy atom. The van der Waals surface area contributed by atoms with Crippen LogP contribution in [0.1, 0.15) is 24.1 Å². The van der Waals surface area contributed by atoms with Crippen LogP contribution in [0.2, 0.25) is 0 Å². The van der Waals surface area contributed by atoms with Crippen molar-refractivity contribution in [3.63, 3.8) is 0 Å². The second-order valence-corrected chi connectivity index (χ2v) is 7.29. The van der Waals surface area contributed by atoms with E-state index in [0.717, 1.165) is 29.5 Å². The molecule has 1 N–H and O–H groups in total. The highest BCUT2D eigenvalue weighted by Crippen LogP contribution is 2.25. The fourth-order valence-electron chi connectivity index (χ4n) is 3.13. The largest absolute Gasteiger partial charge is 0.367 e. The quantitative estimate of drug-likeness (QED) is 0.749. The Kier molecular flexibility index (Phi) is 4.92. The van der Waals surface area contributed by atoms with Crippen molar-refractivity contribution in [2.75, 3.05) is 23.3 Å². The molecular weight excluding hydrogens is 348 g/mol. The maximum atomic E-state index is 12.2. The molecule has 0 aliphatic carbocycles. The highest BCUT2D eigenvalue weighted by molar-refractivity contribution is 7.10. The van der Waals surface area contributed by atoms with Gasteiger partial charge in [0.2, 0.25) is 5.91 Å². The molecule has 0 radical (unpaired) electrons. The van der Waals surface area contributed by atoms with Crippen LogP contribution in [-0.4, -0.2) is 38.7 Å². The summed E-state index contributed by atoms with van der Waals surface area (Å²) in [6.07, 6.45) is 10.8. The van der Waals surface area contributed by atoms with Crippen molar-refractivity contribution in [1.29, 1.82) is 0 Å². The van der Waals surface area contributed by atoms with Gasteiger partial charge in [-0.1, -0.05) is 6.07 Å². The average molecular weight is 368 g/mol. The zero-order valence-electron chi connectivity index (χ0n) is 14.3. The van der Waals surface area contributed by atoms with Gasteiger partial charge in [0.25, 0.3) is 0 Å². The lowest BCUT2D eigenvalue weighted by Gasteiger charge is -2.29. The Bertz CT molecular complexity index is 869. The van der Waals surface area contributed by atoms with Gasteiger partial charge in [0.05, 0.1) is 30.7 Å². The summed E-state index contributed by atoms with van der Waals surface area (Å²) in [6, 6.07) is 3.90. The van der Waals surface area contributed by atoms with Crippen molar-refractivity contribution in [1.82, 2.24) is 19.7 Å². The Balaban J connectivity index is 1.50. The van der Waals surface area contributed by atoms with Crippen molar-refractivity contribution >= 4 is 28.6 Å². The number of nitrogens with one attached hydrogen (secondary N) is 1. The van der Waals surface area contributed by atoms with Crippen LogP contribution in [-0.2, 0) is 11.2 Å². The fourth-order valence-corrected chi connectivity index (χ4v) is 3.83. The Morgan fingerprint density at radius 2 is 2.12 bits per heavy atom. The molecular formula is C18H20N6OS. The van der Waals surface area contributed by atoms with E-state index in [4.69, 9.17) is 0 Å². The number of carbonyl (C=O) groups is 1. The molecule has 4 rings (SSSR count). The number of amides is 1. The molecule has 134 valence electrons. The lowest BCUT2D eigenvalue weighted by atomic mass is 10.1. The van der Waals surface area contributed by atoms with E-state index >= 15 is 0 Å². The molecule has 1 amide bonds. The van der Waals surface area contributed by atoms with Gasteiger partial charge in [-0.15, -0.1) is 11.3 Å². The molecule has 0 atom stereocenters. The van der Waals surface area contributed by atoms with Crippen molar-refractivity contribution in [3.8, 4) is 5.82 Å². The molecule has 0 saturated carbocycles. The lowest BCUT2D eigenvalue weighted by molar-refractivity contribution is -0.115. The van der Waals surface area contributed by atoms with Gasteiger partial charge in [-0.3, -0.25) is 4.79 Å². The van der Waals surface area contributed by atoms with Gasteiger partial charge in [0, 0.05) is 18.0 Å². The minimum atomic E-state index is -0.0501. The number of carbonyl (C=O) groups excluding carboxylic acids is 1. The number of piperidine rings is 1. The molecule has 7 nitrogen and oxygen atoms in total. The Hall–Kier alpha value is -2.74. The van der Waals surface area contributed by atoms with Gasteiger partial charge < -0.3 is 10.2 Å². The van der Waals surface area contributed by atoms with E-state index in [0.29, 0.717) is 12.1 Å². The zero-order valence-corrected chi connectivity index (χ0v) is 15.2. The first-order valence-corrected chi connectivity index (χ1v) is 9.60. The predicted octanol–water partition coefficient (Wildman–Crippen LogP) is 2.90. The van der Waals surface area contributed by atoms with Crippen LogP contribution in [0.25, 0.3) is 5.82 Å². The molecule has 1 aliphatic heterocycles. The highest BCUT2D eigenvalue weighted by Gasteiger charge is 2.17. The third-order valence-corrected chi connectivity index (χ3v) is 5.24. The van der Waals surface area contributed by atoms with Crippen LogP contribution in [0.3, 0.4) is 0 Å². The minimum absolute atomic E-state index is 0.0501. The molecule has 4 heterocycles. The Morgan fingerprint density at radius 1 is 1.23 bits per heavy atom. The van der Waals surface area contributed by atoms with Gasteiger partial charge in [-0.2, -0.15) is 5.10 Å². The monoisotopic (exact) mass is 368 g/mol. The molecule has 0 bridgehead atoms. The van der Waals surface area contributed by atoms with Crippen LogP contribution >= 0.6 is 11.3 Å². The molecule has 0 unspecified atom stereocenters. The van der Waals surface area contributed by atoms with Crippen LogP contribution in [0, 0.1) is 0 Å². The van der Waals surface area contributed by atoms with Crippen LogP contribution < -0.4 is 10.2 Å². The molecule has 1 saturated heterocycles. The van der Waals surface area contributed by atoms with Crippen LogP contribution in [0.15, 0.2) is 42.4 Å². The van der Waals surface area contributed by atoms with Gasteiger partial charge >= 0.3 is 0 Å². The standard InChI is InChI=1S/C18H20N6OS/c25-17(9-15-5-4-8-26-15)22-14-10-21-24(12-14)18-16(11-19-13-20-18)23-6-2-1-3-7-23/h4-5,8,10-13H,1-3,6-7,9H2,(H,22,25). The second-order valence-electron chi connectivity index (χ2n) is 6.26. The smallest absolute Gasteiger partial charge is 0.229 e. The number of anilines is 2. The number of hydrogen-bond acceptors (Lipinski definition) is 6. The Labute approximate surface area is 155 Å². The fraction of sp³-hybridized carbons (Fsp3) is 0.333. The number of rotatable bonds is 5. The van der Waals surface area contributed by atoms with E-state index < -0.39 is 0 Å². The van der Waals surface area contributed by atoms with Crippen LogP contribution in [0.5, 0.6) is 0 Å². The van der Waals surface area contributed by atoms with E-state index in [-0.39, 0.29) is 5.91 Å². The van der Waals surface area contributed by atoms with Gasteiger partial charge in [-0.05, 0) is 30.7 Å². The summed E-state index contributed by atoms with van der Waals surface area (Å²) in [6.45, 7) is 2.01. The molecule has 1 fully saturated rings. The topological polar surface area (TPSA) is 75.9 Å². The van der Waals surface area contributed by atoms with Crippen LogP contribution in [0.4, 0.5) is 11.4 Å². The number of thiophene rings is 1. The van der Waals surface area contributed by atoms with E-state index in [1.807, 2.05) is 23.7 Å². The van der Waals surface area contributed by atoms with Gasteiger partial charge in [0.15, 0.2) is 5.82 Å². The summed E-state index contributed by atoms with van der Waals surface area (Å²) in [4.78, 5) is 24.1. The highest BCUT2D eigenvalue weighted by atomic mass is 32.1. The lowest BCUT2D eigenvalue weighted by Crippen LogP contribution is -2.30. The van der Waals surface area contributed by atoms with E-state index in [9.17, 15) is 4.79 Å². The molecule has 26 heavy (non-hydrogen) atoms. The zero-order chi connectivity index (χ0) is 17.8. The summed E-state index contributed by atoms with van der Waals surface area (Å²) in [5, 5.41) is 9.25. The van der Waals surface area contributed by atoms with Crippen molar-refractivity contribution in [2.45, 2.75) is 25.7 Å². The average Bonchev–Trinajstić information content (AvgIpc) is 3.34. The summed E-state index contributed by atoms with van der Waals surface area (Å²) in [7, 11) is 0. The van der Waals surface area contributed by atoms with Crippen molar-refractivity contribution < 1.29 is 4.79 Å². The summed E-state index contributed by atoms with van der Waals surface area (Å²) in [5.41, 5.74) is 1.64. The third kappa shape index (κ3) is 3.75. The first-order valence-electron chi connectivity index (χ1n) is 8.72. The number of aromatic nitrogens is 4. The second kappa shape index (κ2) is 7.65. The molecule has 3 aromatic heterocycles. The van der Waals surface area contributed by atoms with Crippen molar-refractivity contribution in [2.24, 2.45) is 0 Å². The molecule has 3 aromatic rings. The van der Waals surface area contributed by atoms with Gasteiger partial charge in [0.1, 0.15) is 12.0 Å². The first-order chi connectivity index (χ1) is 12.8. The van der Waals surface area contributed by atoms with Gasteiger partial charge in [-0.25, -0.2) is 14.6 Å². The number of hydrogen-bond donors (Lipinski definition) is 1. The van der Waals surface area contributed by atoms with E-state index in [1.165, 1.54) is 25.6 Å². The summed E-state index contributed by atoms with van der Waals surface area (Å²) in [5.74, 6) is 0.687. The third-order valence-electron chi connectivity index (χ3n) is 4.37. The summed E-state index contributed by atoms with van der Waals surface area (Å²) >= 11 is 1.58. The predicted molar refractivity (Wildman–Crippen MR) is 102 cm³/mol. The summed E-state index contributed by atoms with van der Waals surface area (Å²) < 4.78 is 1.70. The molecule has 1 aliphatic rings. The molecule has 8 heteroatoms. The SMILES string of the molecule is O=C(Cc1cccs1)Nc1cnn(-c2ncncc2N2CCCCC2)c1. The maximum Gasteiger partial charge on any atom is 0.229 e. The molecule has 0 aromatic carbocycles. The molecule has 0 spiro atoms. The van der Waals surface area contributed by atoms with E-state index in [2.05, 4.69) is 25.3 Å². The number of nitrogens with zero attached hydrogens (tertiary/aromatic N) is 5. The van der Waals surface area contributed by atoms with E-state index in [1.54, 1.807) is 28.4 Å². The van der Waals surface area contributed by atoms with Crippen molar-refractivity contribution in [3.05, 3.63) is 47.3 Å². The first kappa shape index (κ1) is 16.7. The minimum Gasteiger partial charge on any atom is -0.367 e.